The number of nitrogens with zero attached hydrogens (tertiary/aromatic N) is 2. The summed E-state index contributed by atoms with van der Waals surface area (Å²) in [7, 11) is 0. The molecule has 0 unspecified atom stereocenters. The number of carbonyl (C=O) groups excluding carboxylic acids is 1. The molecular weight excluding hydrogens is 256 g/mol. The lowest BCUT2D eigenvalue weighted by Crippen LogP contribution is -2.12. The van der Waals surface area contributed by atoms with Gasteiger partial charge in [-0.3, -0.25) is 15.1 Å². The Morgan fingerprint density at radius 2 is 2.16 bits per heavy atom. The number of aromatic nitrogens is 2. The van der Waals surface area contributed by atoms with E-state index in [4.69, 9.17) is 0 Å². The molecule has 0 fully saturated rings. The Balaban J connectivity index is 2.13. The number of hydrogen-bond donors (Lipinski definition) is 1. The van der Waals surface area contributed by atoms with Crippen molar-refractivity contribution in [2.24, 2.45) is 0 Å². The molecule has 7 heteroatoms. The van der Waals surface area contributed by atoms with Gasteiger partial charge in [-0.05, 0) is 19.1 Å². The summed E-state index contributed by atoms with van der Waals surface area (Å²) in [6, 6.07) is 4.07. The first-order valence-corrected chi connectivity index (χ1v) is 5.45. The Morgan fingerprint density at radius 3 is 2.74 bits per heavy atom. The first-order valence-electron chi connectivity index (χ1n) is 5.45. The second-order valence-corrected chi connectivity index (χ2v) is 4.10. The Hall–Kier alpha value is -2.31. The molecule has 0 spiro atoms. The van der Waals surface area contributed by atoms with E-state index in [2.05, 4.69) is 20.0 Å². The highest BCUT2D eigenvalue weighted by Gasteiger charge is 2.29. The number of rotatable bonds is 3. The van der Waals surface area contributed by atoms with E-state index >= 15 is 0 Å². The van der Waals surface area contributed by atoms with E-state index in [0.29, 0.717) is 18.2 Å². The van der Waals surface area contributed by atoms with E-state index in [-0.39, 0.29) is 5.88 Å². The number of carbonyl (C=O) groups is 1. The average molecular weight is 267 g/mol. The van der Waals surface area contributed by atoms with Gasteiger partial charge in [0.2, 0.25) is 5.88 Å². The summed E-state index contributed by atoms with van der Waals surface area (Å²) in [5, 5.41) is 5.55. The Labute approximate surface area is 107 Å². The van der Waals surface area contributed by atoms with Crippen molar-refractivity contribution in [2.45, 2.75) is 19.8 Å². The lowest BCUT2D eigenvalue weighted by Gasteiger charge is -2.03. The zero-order chi connectivity index (χ0) is 14.0. The minimum atomic E-state index is -3.11. The summed E-state index contributed by atoms with van der Waals surface area (Å²) >= 11 is 0. The van der Waals surface area contributed by atoms with Gasteiger partial charge in [0.1, 0.15) is 0 Å². The standard InChI is InChI=1S/C12H11F2N3O2/c1-7-5-8(3-4-15-7)11(18)16-10-6-9(17-19-10)12(2,13)14/h3-6H,1-2H3,(H,16,18). The summed E-state index contributed by atoms with van der Waals surface area (Å²) in [5.74, 6) is -3.72. The van der Waals surface area contributed by atoms with E-state index in [1.165, 1.54) is 12.3 Å². The van der Waals surface area contributed by atoms with E-state index in [1.54, 1.807) is 13.0 Å². The highest BCUT2D eigenvalue weighted by Crippen LogP contribution is 2.27. The summed E-state index contributed by atoms with van der Waals surface area (Å²) in [5.41, 5.74) is 0.494. The third-order valence-electron chi connectivity index (χ3n) is 2.36. The van der Waals surface area contributed by atoms with Gasteiger partial charge >= 0.3 is 0 Å². The van der Waals surface area contributed by atoms with Crippen molar-refractivity contribution in [3.05, 3.63) is 41.3 Å². The fraction of sp³-hybridized carbons (Fsp3) is 0.250. The van der Waals surface area contributed by atoms with Crippen LogP contribution in [0.2, 0.25) is 0 Å². The fourth-order valence-electron chi connectivity index (χ4n) is 1.41. The molecule has 0 aliphatic rings. The molecule has 1 N–H and O–H groups in total. The second kappa shape index (κ2) is 4.75. The lowest BCUT2D eigenvalue weighted by molar-refractivity contribution is 0.00975. The molecule has 0 aromatic carbocycles. The number of halogens is 2. The molecule has 0 saturated carbocycles. The van der Waals surface area contributed by atoms with Gasteiger partial charge < -0.3 is 4.52 Å². The van der Waals surface area contributed by atoms with Crippen molar-refractivity contribution in [3.8, 4) is 0 Å². The second-order valence-electron chi connectivity index (χ2n) is 4.10. The van der Waals surface area contributed by atoms with Crippen LogP contribution in [0.15, 0.2) is 28.9 Å². The third-order valence-corrected chi connectivity index (χ3v) is 2.36. The maximum atomic E-state index is 12.9. The van der Waals surface area contributed by atoms with Crippen LogP contribution < -0.4 is 5.32 Å². The summed E-state index contributed by atoms with van der Waals surface area (Å²) in [6.45, 7) is 2.43. The number of nitrogens with one attached hydrogen (secondary N) is 1. The molecule has 2 aromatic heterocycles. The molecular formula is C12H11F2N3O2. The Morgan fingerprint density at radius 1 is 1.42 bits per heavy atom. The largest absolute Gasteiger partial charge is 0.338 e. The van der Waals surface area contributed by atoms with Crippen LogP contribution in [0.1, 0.15) is 28.7 Å². The van der Waals surface area contributed by atoms with Gasteiger partial charge in [-0.2, -0.15) is 8.78 Å². The molecule has 0 aliphatic carbocycles. The predicted octanol–water partition coefficient (Wildman–Crippen LogP) is 2.74. The van der Waals surface area contributed by atoms with Crippen molar-refractivity contribution in [2.75, 3.05) is 5.32 Å². The van der Waals surface area contributed by atoms with Crippen molar-refractivity contribution < 1.29 is 18.1 Å². The van der Waals surface area contributed by atoms with Crippen molar-refractivity contribution >= 4 is 11.8 Å². The fourth-order valence-corrected chi connectivity index (χ4v) is 1.41. The monoisotopic (exact) mass is 267 g/mol. The minimum absolute atomic E-state index is 0.129. The maximum absolute atomic E-state index is 12.9. The molecule has 19 heavy (non-hydrogen) atoms. The Kier molecular flexibility index (Phi) is 3.28. The van der Waals surface area contributed by atoms with Crippen LogP contribution >= 0.6 is 0 Å². The number of aryl methyl sites for hydroxylation is 1. The molecule has 0 bridgehead atoms. The number of anilines is 1. The molecule has 2 aromatic rings. The van der Waals surface area contributed by atoms with Crippen LogP contribution in [0.4, 0.5) is 14.7 Å². The smallest absolute Gasteiger partial charge is 0.290 e. The summed E-state index contributed by atoms with van der Waals surface area (Å²) < 4.78 is 30.5. The predicted molar refractivity (Wildman–Crippen MR) is 63.0 cm³/mol. The maximum Gasteiger partial charge on any atom is 0.290 e. The Bertz CT molecular complexity index is 605. The minimum Gasteiger partial charge on any atom is -0.338 e. The molecule has 0 radical (unpaired) electrons. The van der Waals surface area contributed by atoms with E-state index in [9.17, 15) is 13.6 Å². The molecule has 1 amide bonds. The van der Waals surface area contributed by atoms with Crippen LogP contribution in [0.5, 0.6) is 0 Å². The SMILES string of the molecule is Cc1cc(C(=O)Nc2cc(C(C)(F)F)no2)ccn1. The average Bonchev–Trinajstić information content (AvgIpc) is 2.77. The van der Waals surface area contributed by atoms with Gasteiger partial charge in [-0.1, -0.05) is 5.16 Å². The van der Waals surface area contributed by atoms with E-state index in [1.807, 2.05) is 0 Å². The van der Waals surface area contributed by atoms with Gasteiger partial charge in [-0.25, -0.2) is 0 Å². The van der Waals surface area contributed by atoms with Gasteiger partial charge in [0.25, 0.3) is 11.8 Å². The first-order chi connectivity index (χ1) is 8.86. The van der Waals surface area contributed by atoms with E-state index in [0.717, 1.165) is 6.07 Å². The van der Waals surface area contributed by atoms with Gasteiger partial charge in [-0.15, -0.1) is 0 Å². The molecule has 0 atom stereocenters. The zero-order valence-electron chi connectivity index (χ0n) is 10.3. The van der Waals surface area contributed by atoms with Crippen molar-refractivity contribution in [3.63, 3.8) is 0 Å². The molecule has 5 nitrogen and oxygen atoms in total. The topological polar surface area (TPSA) is 68.0 Å². The summed E-state index contributed by atoms with van der Waals surface area (Å²) in [4.78, 5) is 15.8. The van der Waals surface area contributed by atoms with Crippen molar-refractivity contribution in [1.29, 1.82) is 0 Å². The molecule has 100 valence electrons. The van der Waals surface area contributed by atoms with Gasteiger partial charge in [0, 0.05) is 30.4 Å². The highest BCUT2D eigenvalue weighted by atomic mass is 19.3. The van der Waals surface area contributed by atoms with Gasteiger partial charge in [0.05, 0.1) is 0 Å². The van der Waals surface area contributed by atoms with Gasteiger partial charge in [0.15, 0.2) is 5.69 Å². The van der Waals surface area contributed by atoms with Crippen LogP contribution in [-0.2, 0) is 5.92 Å². The lowest BCUT2D eigenvalue weighted by atomic mass is 10.2. The van der Waals surface area contributed by atoms with Crippen LogP contribution in [0, 0.1) is 6.92 Å². The first kappa shape index (κ1) is 13.1. The van der Waals surface area contributed by atoms with Crippen LogP contribution in [0.3, 0.4) is 0 Å². The third kappa shape index (κ3) is 3.12. The zero-order valence-corrected chi connectivity index (χ0v) is 10.3. The number of pyridine rings is 1. The van der Waals surface area contributed by atoms with Crippen molar-refractivity contribution in [1.82, 2.24) is 10.1 Å². The number of alkyl halides is 2. The molecule has 2 heterocycles. The number of hydrogen-bond acceptors (Lipinski definition) is 4. The normalized spacial score (nSPS) is 11.4. The quantitative estimate of drug-likeness (QED) is 0.928. The van der Waals surface area contributed by atoms with E-state index < -0.39 is 17.5 Å². The molecule has 2 rings (SSSR count). The highest BCUT2D eigenvalue weighted by molar-refractivity contribution is 6.03. The number of amides is 1. The molecule has 0 saturated heterocycles. The molecule has 0 aliphatic heterocycles. The summed E-state index contributed by atoms with van der Waals surface area (Å²) in [6.07, 6.45) is 1.48. The van der Waals surface area contributed by atoms with Crippen LogP contribution in [-0.4, -0.2) is 16.0 Å². The van der Waals surface area contributed by atoms with Crippen LogP contribution in [0.25, 0.3) is 0 Å².